The smallest absolute Gasteiger partial charge is 0.260 e. The number of likely N-dealkylation sites (tertiary alicyclic amines) is 2. The maximum atomic E-state index is 12.8. The van der Waals surface area contributed by atoms with Crippen molar-refractivity contribution in [3.05, 3.63) is 29.3 Å². The van der Waals surface area contributed by atoms with E-state index in [0.717, 1.165) is 61.6 Å². The van der Waals surface area contributed by atoms with E-state index in [2.05, 4.69) is 32.9 Å². The van der Waals surface area contributed by atoms with Gasteiger partial charge in [-0.2, -0.15) is 0 Å². The Labute approximate surface area is 175 Å². The van der Waals surface area contributed by atoms with E-state index in [1.54, 1.807) is 0 Å². The van der Waals surface area contributed by atoms with Crippen molar-refractivity contribution in [3.8, 4) is 5.75 Å². The monoisotopic (exact) mass is 400 g/mol. The predicted molar refractivity (Wildman–Crippen MR) is 115 cm³/mol. The summed E-state index contributed by atoms with van der Waals surface area (Å²) in [6, 6.07) is 6.17. The molecule has 1 aromatic rings. The number of amides is 2. The molecule has 0 radical (unpaired) electrons. The lowest BCUT2D eigenvalue weighted by Gasteiger charge is -2.36. The van der Waals surface area contributed by atoms with Crippen LogP contribution < -0.4 is 4.74 Å². The first-order valence-corrected chi connectivity index (χ1v) is 11.1. The van der Waals surface area contributed by atoms with Crippen LogP contribution in [0.3, 0.4) is 0 Å². The molecular formula is C24H36N2O3. The number of nitrogens with zero attached hydrogens (tertiary/aromatic N) is 2. The lowest BCUT2D eigenvalue weighted by Crippen LogP contribution is -2.47. The van der Waals surface area contributed by atoms with E-state index >= 15 is 0 Å². The highest BCUT2D eigenvalue weighted by molar-refractivity contribution is 5.80. The van der Waals surface area contributed by atoms with Crippen molar-refractivity contribution in [1.29, 1.82) is 0 Å². The summed E-state index contributed by atoms with van der Waals surface area (Å²) in [4.78, 5) is 29.3. The normalized spacial score (nSPS) is 18.9. The standard InChI is InChI=1S/C24H36N2O3/c1-17(2)21-6-5-19(4)15-22(21)29-16-23(27)25-13-9-20(10-14-25)24(28)26-11-7-18(3)8-12-26/h5-6,15,17-18,20H,7-14,16H2,1-4H3. The molecule has 0 unspecified atom stereocenters. The number of aryl methyl sites for hydroxylation is 1. The number of ether oxygens (including phenoxy) is 1. The van der Waals surface area contributed by atoms with E-state index in [-0.39, 0.29) is 18.4 Å². The van der Waals surface area contributed by atoms with Crippen molar-refractivity contribution in [2.45, 2.75) is 59.3 Å². The van der Waals surface area contributed by atoms with E-state index in [4.69, 9.17) is 4.74 Å². The first-order chi connectivity index (χ1) is 13.8. The number of hydrogen-bond acceptors (Lipinski definition) is 3. The summed E-state index contributed by atoms with van der Waals surface area (Å²) in [6.45, 7) is 11.7. The van der Waals surface area contributed by atoms with Crippen molar-refractivity contribution in [2.24, 2.45) is 11.8 Å². The van der Waals surface area contributed by atoms with E-state index in [0.29, 0.717) is 24.9 Å². The van der Waals surface area contributed by atoms with Gasteiger partial charge in [0.25, 0.3) is 5.91 Å². The molecule has 0 atom stereocenters. The topological polar surface area (TPSA) is 49.9 Å². The Hall–Kier alpha value is -2.04. The minimum Gasteiger partial charge on any atom is -0.483 e. The highest BCUT2D eigenvalue weighted by Crippen LogP contribution is 2.28. The number of benzene rings is 1. The molecule has 2 amide bonds. The Morgan fingerprint density at radius 1 is 1.03 bits per heavy atom. The molecule has 5 nitrogen and oxygen atoms in total. The van der Waals surface area contributed by atoms with Crippen LogP contribution >= 0.6 is 0 Å². The predicted octanol–water partition coefficient (Wildman–Crippen LogP) is 3.99. The molecule has 2 heterocycles. The fourth-order valence-corrected chi connectivity index (χ4v) is 4.34. The second kappa shape index (κ2) is 9.64. The SMILES string of the molecule is Cc1ccc(C(C)C)c(OCC(=O)N2CCC(C(=O)N3CCC(C)CC3)CC2)c1. The van der Waals surface area contributed by atoms with Gasteiger partial charge in [-0.3, -0.25) is 9.59 Å². The molecule has 0 saturated carbocycles. The number of carbonyl (C=O) groups is 2. The van der Waals surface area contributed by atoms with Crippen molar-refractivity contribution in [1.82, 2.24) is 9.80 Å². The van der Waals surface area contributed by atoms with Crippen LogP contribution in [0.4, 0.5) is 0 Å². The lowest BCUT2D eigenvalue weighted by atomic mass is 9.92. The molecule has 0 spiro atoms. The molecule has 2 fully saturated rings. The molecule has 3 rings (SSSR count). The second-order valence-electron chi connectivity index (χ2n) is 9.15. The highest BCUT2D eigenvalue weighted by atomic mass is 16.5. The second-order valence-corrected chi connectivity index (χ2v) is 9.15. The van der Waals surface area contributed by atoms with E-state index in [1.165, 1.54) is 0 Å². The maximum absolute atomic E-state index is 12.8. The van der Waals surface area contributed by atoms with Crippen molar-refractivity contribution < 1.29 is 14.3 Å². The molecular weight excluding hydrogens is 364 g/mol. The largest absolute Gasteiger partial charge is 0.483 e. The van der Waals surface area contributed by atoms with Crippen molar-refractivity contribution >= 4 is 11.8 Å². The number of carbonyl (C=O) groups excluding carboxylic acids is 2. The molecule has 29 heavy (non-hydrogen) atoms. The summed E-state index contributed by atoms with van der Waals surface area (Å²) in [7, 11) is 0. The van der Waals surface area contributed by atoms with E-state index in [1.807, 2.05) is 22.8 Å². The third-order valence-electron chi connectivity index (χ3n) is 6.43. The third-order valence-corrected chi connectivity index (χ3v) is 6.43. The summed E-state index contributed by atoms with van der Waals surface area (Å²) in [5.41, 5.74) is 2.26. The van der Waals surface area contributed by atoms with Crippen LogP contribution in [0, 0.1) is 18.8 Å². The van der Waals surface area contributed by atoms with Crippen LogP contribution in [0.15, 0.2) is 18.2 Å². The third kappa shape index (κ3) is 5.52. The first kappa shape index (κ1) is 21.7. The molecule has 2 aliphatic heterocycles. The Bertz CT molecular complexity index is 715. The Morgan fingerprint density at radius 2 is 1.66 bits per heavy atom. The number of piperidine rings is 2. The van der Waals surface area contributed by atoms with Gasteiger partial charge in [0.05, 0.1) is 0 Å². The summed E-state index contributed by atoms with van der Waals surface area (Å²) in [6.07, 6.45) is 3.74. The van der Waals surface area contributed by atoms with Crippen molar-refractivity contribution in [2.75, 3.05) is 32.8 Å². The molecule has 160 valence electrons. The van der Waals surface area contributed by atoms with Crippen LogP contribution in [-0.2, 0) is 9.59 Å². The zero-order chi connectivity index (χ0) is 21.0. The molecule has 5 heteroatoms. The van der Waals surface area contributed by atoms with Crippen LogP contribution in [0.1, 0.15) is 63.5 Å². The first-order valence-electron chi connectivity index (χ1n) is 11.1. The van der Waals surface area contributed by atoms with Gasteiger partial charge in [-0.15, -0.1) is 0 Å². The quantitative estimate of drug-likeness (QED) is 0.751. The molecule has 0 bridgehead atoms. The molecule has 1 aromatic carbocycles. The van der Waals surface area contributed by atoms with Gasteiger partial charge >= 0.3 is 0 Å². The summed E-state index contributed by atoms with van der Waals surface area (Å²) in [5, 5.41) is 0. The lowest BCUT2D eigenvalue weighted by molar-refractivity contribution is -0.142. The molecule has 0 aliphatic carbocycles. The van der Waals surface area contributed by atoms with Gasteiger partial charge in [-0.05, 0) is 61.6 Å². The Kier molecular flexibility index (Phi) is 7.20. The molecule has 0 aromatic heterocycles. The minimum absolute atomic E-state index is 0.0129. The maximum Gasteiger partial charge on any atom is 0.260 e. The van der Waals surface area contributed by atoms with Gasteiger partial charge in [-0.1, -0.05) is 32.9 Å². The zero-order valence-corrected chi connectivity index (χ0v) is 18.4. The summed E-state index contributed by atoms with van der Waals surface area (Å²) >= 11 is 0. The Balaban J connectivity index is 1.48. The summed E-state index contributed by atoms with van der Waals surface area (Å²) < 4.78 is 5.91. The van der Waals surface area contributed by atoms with Crippen LogP contribution in [-0.4, -0.2) is 54.4 Å². The number of hydrogen-bond donors (Lipinski definition) is 0. The van der Waals surface area contributed by atoms with E-state index < -0.39 is 0 Å². The summed E-state index contributed by atoms with van der Waals surface area (Å²) in [5.74, 6) is 2.25. The van der Waals surface area contributed by atoms with Crippen molar-refractivity contribution in [3.63, 3.8) is 0 Å². The van der Waals surface area contributed by atoms with Gasteiger partial charge in [0.2, 0.25) is 5.91 Å². The minimum atomic E-state index is 0.0129. The van der Waals surface area contributed by atoms with Crippen LogP contribution in [0.25, 0.3) is 0 Å². The van der Waals surface area contributed by atoms with Gasteiger partial charge in [0.1, 0.15) is 5.75 Å². The zero-order valence-electron chi connectivity index (χ0n) is 18.4. The van der Waals surface area contributed by atoms with Crippen LogP contribution in [0.5, 0.6) is 5.75 Å². The van der Waals surface area contributed by atoms with Gasteiger partial charge in [0, 0.05) is 32.1 Å². The van der Waals surface area contributed by atoms with Gasteiger partial charge in [-0.25, -0.2) is 0 Å². The Morgan fingerprint density at radius 3 is 2.28 bits per heavy atom. The molecule has 2 aliphatic rings. The van der Waals surface area contributed by atoms with Crippen LogP contribution in [0.2, 0.25) is 0 Å². The number of rotatable bonds is 5. The van der Waals surface area contributed by atoms with E-state index in [9.17, 15) is 9.59 Å². The fourth-order valence-electron chi connectivity index (χ4n) is 4.34. The fraction of sp³-hybridized carbons (Fsp3) is 0.667. The molecule has 2 saturated heterocycles. The van der Waals surface area contributed by atoms with Gasteiger partial charge in [0.15, 0.2) is 6.61 Å². The molecule has 0 N–H and O–H groups in total. The average Bonchev–Trinajstić information content (AvgIpc) is 2.72. The average molecular weight is 401 g/mol. The van der Waals surface area contributed by atoms with Gasteiger partial charge < -0.3 is 14.5 Å². The highest BCUT2D eigenvalue weighted by Gasteiger charge is 2.31.